The molecule has 0 atom stereocenters. The molecule has 1 aliphatic heterocycles. The second-order valence-corrected chi connectivity index (χ2v) is 6.17. The number of rotatable bonds is 2. The fraction of sp³-hybridized carbons (Fsp3) is 0.562. The van der Waals surface area contributed by atoms with Crippen LogP contribution in [0.25, 0.3) is 0 Å². The Balaban J connectivity index is 1.75. The van der Waals surface area contributed by atoms with Gasteiger partial charge in [-0.3, -0.25) is 4.79 Å². The highest BCUT2D eigenvalue weighted by Gasteiger charge is 2.34. The van der Waals surface area contributed by atoms with Crippen molar-refractivity contribution in [2.24, 2.45) is 5.73 Å². The summed E-state index contributed by atoms with van der Waals surface area (Å²) in [5, 5.41) is 0. The first-order chi connectivity index (χ1) is 9.57. The zero-order valence-corrected chi connectivity index (χ0v) is 11.7. The normalized spacial score (nSPS) is 20.8. The van der Waals surface area contributed by atoms with Gasteiger partial charge in [0, 0.05) is 24.2 Å². The van der Waals surface area contributed by atoms with E-state index in [0.717, 1.165) is 43.4 Å². The van der Waals surface area contributed by atoms with Gasteiger partial charge < -0.3 is 10.6 Å². The predicted molar refractivity (Wildman–Crippen MR) is 77.1 cm³/mol. The van der Waals surface area contributed by atoms with Crippen molar-refractivity contribution in [3.8, 4) is 0 Å². The number of benzene rings is 1. The molecule has 20 heavy (non-hydrogen) atoms. The smallest absolute Gasteiger partial charge is 0.228 e. The van der Waals surface area contributed by atoms with Crippen LogP contribution in [0.15, 0.2) is 18.2 Å². The van der Waals surface area contributed by atoms with Crippen molar-refractivity contribution in [1.29, 1.82) is 0 Å². The number of hydrogen-bond donors (Lipinski definition) is 1. The van der Waals surface area contributed by atoms with E-state index in [9.17, 15) is 9.18 Å². The van der Waals surface area contributed by atoms with Crippen LogP contribution in [0, 0.1) is 5.82 Å². The van der Waals surface area contributed by atoms with E-state index in [0.29, 0.717) is 13.0 Å². The Labute approximate surface area is 118 Å². The van der Waals surface area contributed by atoms with Gasteiger partial charge >= 0.3 is 0 Å². The number of nitrogens with two attached hydrogens (primary N) is 1. The van der Waals surface area contributed by atoms with E-state index in [4.69, 9.17) is 5.73 Å². The minimum Gasteiger partial charge on any atom is -0.325 e. The van der Waals surface area contributed by atoms with Crippen LogP contribution in [-0.4, -0.2) is 18.0 Å². The fourth-order valence-electron chi connectivity index (χ4n) is 3.44. The maximum atomic E-state index is 13.4. The van der Waals surface area contributed by atoms with Crippen molar-refractivity contribution in [2.45, 2.75) is 50.5 Å². The number of halogens is 1. The van der Waals surface area contributed by atoms with Crippen LogP contribution in [0.5, 0.6) is 0 Å². The van der Waals surface area contributed by atoms with Gasteiger partial charge in [-0.1, -0.05) is 25.3 Å². The van der Waals surface area contributed by atoms with Crippen LogP contribution in [0.3, 0.4) is 0 Å². The molecule has 1 aromatic carbocycles. The van der Waals surface area contributed by atoms with Crippen molar-refractivity contribution in [2.75, 3.05) is 11.4 Å². The quantitative estimate of drug-likeness (QED) is 0.903. The van der Waals surface area contributed by atoms with Crippen LogP contribution in [0.2, 0.25) is 0 Å². The summed E-state index contributed by atoms with van der Waals surface area (Å²) in [5.74, 6) is -0.248. The van der Waals surface area contributed by atoms with Crippen LogP contribution >= 0.6 is 0 Å². The molecular formula is C16H21FN2O. The lowest BCUT2D eigenvalue weighted by Gasteiger charge is -2.34. The van der Waals surface area contributed by atoms with Crippen molar-refractivity contribution in [3.05, 3.63) is 29.6 Å². The maximum Gasteiger partial charge on any atom is 0.228 e. The third-order valence-corrected chi connectivity index (χ3v) is 4.60. The van der Waals surface area contributed by atoms with Crippen LogP contribution < -0.4 is 10.6 Å². The van der Waals surface area contributed by atoms with Crippen LogP contribution in [-0.2, 0) is 11.2 Å². The summed E-state index contributed by atoms with van der Waals surface area (Å²) >= 11 is 0. The van der Waals surface area contributed by atoms with E-state index in [1.54, 1.807) is 11.0 Å². The van der Waals surface area contributed by atoms with Crippen molar-refractivity contribution in [3.63, 3.8) is 0 Å². The molecule has 0 aromatic heterocycles. The summed E-state index contributed by atoms with van der Waals surface area (Å²) in [6.45, 7) is 0.647. The molecule has 0 saturated heterocycles. The van der Waals surface area contributed by atoms with Gasteiger partial charge in [0.25, 0.3) is 0 Å². The number of nitrogens with zero attached hydrogens (tertiary/aromatic N) is 1. The van der Waals surface area contributed by atoms with Gasteiger partial charge in [-0.2, -0.15) is 0 Å². The summed E-state index contributed by atoms with van der Waals surface area (Å²) < 4.78 is 13.4. The predicted octanol–water partition coefficient (Wildman–Crippen LogP) is 2.77. The Hall–Kier alpha value is -1.42. The summed E-state index contributed by atoms with van der Waals surface area (Å²) in [5.41, 5.74) is 7.78. The SMILES string of the molecule is NC1(CC(=O)N2CCc3ccc(F)cc32)CCCCC1. The van der Waals surface area contributed by atoms with Crippen molar-refractivity contribution < 1.29 is 9.18 Å². The van der Waals surface area contributed by atoms with Gasteiger partial charge in [0.1, 0.15) is 5.82 Å². The van der Waals surface area contributed by atoms with Gasteiger partial charge in [-0.25, -0.2) is 4.39 Å². The summed E-state index contributed by atoms with van der Waals surface area (Å²) in [4.78, 5) is 14.2. The molecule has 0 unspecified atom stereocenters. The zero-order chi connectivity index (χ0) is 14.2. The van der Waals surface area contributed by atoms with E-state index >= 15 is 0 Å². The monoisotopic (exact) mass is 276 g/mol. The van der Waals surface area contributed by atoms with Crippen molar-refractivity contribution in [1.82, 2.24) is 0 Å². The summed E-state index contributed by atoms with van der Waals surface area (Å²) in [6, 6.07) is 4.69. The third kappa shape index (κ3) is 2.57. The number of amides is 1. The first kappa shape index (κ1) is 13.6. The molecule has 4 heteroatoms. The summed E-state index contributed by atoms with van der Waals surface area (Å²) in [6.07, 6.45) is 6.45. The minimum atomic E-state index is -0.356. The van der Waals surface area contributed by atoms with Crippen molar-refractivity contribution >= 4 is 11.6 Å². The fourth-order valence-corrected chi connectivity index (χ4v) is 3.44. The van der Waals surface area contributed by atoms with Gasteiger partial charge in [-0.05, 0) is 37.0 Å². The highest BCUT2D eigenvalue weighted by Crippen LogP contribution is 2.33. The third-order valence-electron chi connectivity index (χ3n) is 4.60. The van der Waals surface area contributed by atoms with Crippen LogP contribution in [0.1, 0.15) is 44.1 Å². The van der Waals surface area contributed by atoms with Gasteiger partial charge in [0.2, 0.25) is 5.91 Å². The lowest BCUT2D eigenvalue weighted by atomic mass is 9.80. The van der Waals surface area contributed by atoms with Crippen LogP contribution in [0.4, 0.5) is 10.1 Å². The van der Waals surface area contributed by atoms with E-state index in [-0.39, 0.29) is 17.3 Å². The molecule has 108 valence electrons. The molecule has 1 aromatic rings. The molecule has 1 fully saturated rings. The average molecular weight is 276 g/mol. The molecule has 2 aliphatic rings. The second-order valence-electron chi connectivity index (χ2n) is 6.17. The Morgan fingerprint density at radius 3 is 2.80 bits per heavy atom. The molecule has 1 amide bonds. The summed E-state index contributed by atoms with van der Waals surface area (Å²) in [7, 11) is 0. The Bertz CT molecular complexity index is 523. The lowest BCUT2D eigenvalue weighted by Crippen LogP contribution is -2.46. The maximum absolute atomic E-state index is 13.4. The Kier molecular flexibility index (Phi) is 3.50. The molecule has 1 heterocycles. The molecular weight excluding hydrogens is 255 g/mol. The molecule has 0 bridgehead atoms. The molecule has 1 saturated carbocycles. The van der Waals surface area contributed by atoms with E-state index < -0.39 is 0 Å². The standard InChI is InChI=1S/C16H21FN2O/c17-13-5-4-12-6-9-19(14(12)10-13)15(20)11-16(18)7-2-1-3-8-16/h4-5,10H,1-3,6-9,11,18H2. The van der Waals surface area contributed by atoms with E-state index in [1.807, 2.05) is 0 Å². The number of fused-ring (bicyclic) bond motifs is 1. The first-order valence-corrected chi connectivity index (χ1v) is 7.45. The minimum absolute atomic E-state index is 0.0405. The molecule has 0 spiro atoms. The lowest BCUT2D eigenvalue weighted by molar-refractivity contribution is -0.119. The van der Waals surface area contributed by atoms with Gasteiger partial charge in [-0.15, -0.1) is 0 Å². The Morgan fingerprint density at radius 2 is 2.05 bits per heavy atom. The molecule has 3 nitrogen and oxygen atoms in total. The second kappa shape index (κ2) is 5.17. The molecule has 3 rings (SSSR count). The average Bonchev–Trinajstić information content (AvgIpc) is 2.82. The number of carbonyl (C=O) groups excluding carboxylic acids is 1. The number of hydrogen-bond acceptors (Lipinski definition) is 2. The van der Waals surface area contributed by atoms with Gasteiger partial charge in [0.15, 0.2) is 0 Å². The van der Waals surface area contributed by atoms with E-state index in [1.165, 1.54) is 18.6 Å². The Morgan fingerprint density at radius 1 is 1.30 bits per heavy atom. The topological polar surface area (TPSA) is 46.3 Å². The molecule has 2 N–H and O–H groups in total. The zero-order valence-electron chi connectivity index (χ0n) is 11.7. The molecule has 0 radical (unpaired) electrons. The van der Waals surface area contributed by atoms with E-state index in [2.05, 4.69) is 0 Å². The van der Waals surface area contributed by atoms with Gasteiger partial charge in [0.05, 0.1) is 0 Å². The highest BCUT2D eigenvalue weighted by molar-refractivity contribution is 5.96. The number of anilines is 1. The number of carbonyl (C=O) groups is 1. The largest absolute Gasteiger partial charge is 0.325 e. The first-order valence-electron chi connectivity index (χ1n) is 7.45. The molecule has 1 aliphatic carbocycles. The highest BCUT2D eigenvalue weighted by atomic mass is 19.1.